The van der Waals surface area contributed by atoms with E-state index in [0.717, 1.165) is 6.42 Å². The molecular weight excluding hydrogens is 297 g/mol. The minimum absolute atomic E-state index is 0. The summed E-state index contributed by atoms with van der Waals surface area (Å²) < 4.78 is 29.0. The smallest absolute Gasteiger partial charge is 0.748 e. The molecule has 0 aromatic carbocycles. The van der Waals surface area contributed by atoms with Crippen molar-refractivity contribution in [3.63, 3.8) is 0 Å². The summed E-state index contributed by atoms with van der Waals surface area (Å²) in [5, 5.41) is 0. The molecule has 0 amide bonds. The summed E-state index contributed by atoms with van der Waals surface area (Å²) in [5.74, 6) is -0.243. The molecule has 0 aromatic heterocycles. The quantitative estimate of drug-likeness (QED) is 0.345. The number of rotatable bonds is 11. The van der Waals surface area contributed by atoms with Gasteiger partial charge >= 0.3 is 29.6 Å². The van der Waals surface area contributed by atoms with Gasteiger partial charge in [0.05, 0.1) is 10.1 Å². The molecule has 0 heterocycles. The Morgan fingerprint density at radius 1 is 0.905 bits per heavy atom. The van der Waals surface area contributed by atoms with Crippen LogP contribution in [0, 0.1) is 0 Å². The van der Waals surface area contributed by atoms with Crippen molar-refractivity contribution in [3.05, 3.63) is 0 Å². The predicted molar refractivity (Wildman–Crippen MR) is 85.7 cm³/mol. The van der Waals surface area contributed by atoms with Crippen LogP contribution < -0.4 is 35.3 Å². The number of hydrogen-bond donors (Lipinski definition) is 1. The largest absolute Gasteiger partial charge is 1.00 e. The van der Waals surface area contributed by atoms with Crippen LogP contribution in [0.1, 0.15) is 85.0 Å². The first-order valence-corrected chi connectivity index (χ1v) is 9.64. The Kier molecular flexibility index (Phi) is 24.1. The zero-order valence-electron chi connectivity index (χ0n) is 14.6. The van der Waals surface area contributed by atoms with E-state index in [1.54, 1.807) is 6.92 Å². The van der Waals surface area contributed by atoms with Gasteiger partial charge in [0, 0.05) is 11.8 Å². The van der Waals surface area contributed by atoms with E-state index in [-0.39, 0.29) is 35.3 Å². The van der Waals surface area contributed by atoms with Crippen molar-refractivity contribution in [2.45, 2.75) is 91.0 Å². The van der Waals surface area contributed by atoms with Crippen molar-refractivity contribution in [2.75, 3.05) is 5.75 Å². The third-order valence-corrected chi connectivity index (χ3v) is 4.07. The van der Waals surface area contributed by atoms with Crippen LogP contribution in [0.2, 0.25) is 0 Å². The number of hydrogen-bond acceptors (Lipinski definition) is 4. The van der Waals surface area contributed by atoms with Crippen molar-refractivity contribution in [1.29, 1.82) is 0 Å². The summed E-state index contributed by atoms with van der Waals surface area (Å²) in [6, 6.07) is 0.454. The van der Waals surface area contributed by atoms with E-state index in [0.29, 0.717) is 12.5 Å². The third-order valence-electron chi connectivity index (χ3n) is 3.16. The van der Waals surface area contributed by atoms with E-state index >= 15 is 0 Å². The van der Waals surface area contributed by atoms with Crippen LogP contribution in [-0.4, -0.2) is 24.8 Å². The molecule has 0 aliphatic rings. The molecule has 21 heavy (non-hydrogen) atoms. The molecule has 4 nitrogen and oxygen atoms in total. The fourth-order valence-corrected chi connectivity index (χ4v) is 2.32. The number of nitrogens with two attached hydrogens (primary N) is 1. The maximum absolute atomic E-state index is 9.68. The summed E-state index contributed by atoms with van der Waals surface area (Å²) in [6.45, 7) is 6.08. The third kappa shape index (κ3) is 29.5. The predicted octanol–water partition coefficient (Wildman–Crippen LogP) is 0.810. The topological polar surface area (TPSA) is 83.2 Å². The first kappa shape index (κ1) is 26.8. The molecule has 124 valence electrons. The average Bonchev–Trinajstić information content (AvgIpc) is 2.36. The molecule has 0 aliphatic heterocycles. The van der Waals surface area contributed by atoms with Crippen molar-refractivity contribution < 1.29 is 42.5 Å². The van der Waals surface area contributed by atoms with Crippen LogP contribution in [0.15, 0.2) is 0 Å². The molecule has 0 aromatic rings. The van der Waals surface area contributed by atoms with Crippen LogP contribution in [0.25, 0.3) is 0 Å². The summed E-state index contributed by atoms with van der Waals surface area (Å²) >= 11 is 0. The molecule has 0 radical (unpaired) electrons. The molecule has 0 saturated carbocycles. The maximum atomic E-state index is 9.68. The molecule has 0 bridgehead atoms. The molecule has 0 aliphatic carbocycles. The van der Waals surface area contributed by atoms with Crippen molar-refractivity contribution in [1.82, 2.24) is 0 Å². The van der Waals surface area contributed by atoms with Gasteiger partial charge in [-0.05, 0) is 19.3 Å². The van der Waals surface area contributed by atoms with Gasteiger partial charge < -0.3 is 10.3 Å². The molecule has 6 heteroatoms. The van der Waals surface area contributed by atoms with Gasteiger partial charge in [0.1, 0.15) is 0 Å². The van der Waals surface area contributed by atoms with Crippen LogP contribution in [0.4, 0.5) is 0 Å². The van der Waals surface area contributed by atoms with Gasteiger partial charge in [-0.3, -0.25) is 0 Å². The van der Waals surface area contributed by atoms with Crippen LogP contribution >= 0.6 is 0 Å². The second-order valence-corrected chi connectivity index (χ2v) is 6.86. The first-order chi connectivity index (χ1) is 9.37. The molecule has 2 N–H and O–H groups in total. The standard InChI is InChI=1S/C12H27N.C3H8O3S.Na/c1-3-5-6-7-8-9-10-11-12(13)4-2;1-2-3-7(4,5)6;/h12H,3-11,13H2,1-2H3;2-3H2,1H3,(H,4,5,6);/q;;+1/p-1. The second-order valence-electron chi connectivity index (χ2n) is 5.34. The van der Waals surface area contributed by atoms with Crippen molar-refractivity contribution >= 4 is 10.1 Å². The Morgan fingerprint density at radius 3 is 1.71 bits per heavy atom. The Bertz CT molecular complexity index is 285. The van der Waals surface area contributed by atoms with E-state index in [1.807, 2.05) is 0 Å². The van der Waals surface area contributed by atoms with E-state index in [4.69, 9.17) is 5.73 Å². The average molecular weight is 331 g/mol. The Hall–Kier alpha value is 0.870. The Balaban J connectivity index is -0.000000347. The van der Waals surface area contributed by atoms with Crippen molar-refractivity contribution in [3.8, 4) is 0 Å². The van der Waals surface area contributed by atoms with Crippen LogP contribution in [0.3, 0.4) is 0 Å². The van der Waals surface area contributed by atoms with E-state index < -0.39 is 10.1 Å². The summed E-state index contributed by atoms with van der Waals surface area (Å²) in [6.07, 6.45) is 12.5. The summed E-state index contributed by atoms with van der Waals surface area (Å²) in [4.78, 5) is 0. The van der Waals surface area contributed by atoms with Gasteiger partial charge in [-0.2, -0.15) is 0 Å². The Labute approximate surface area is 154 Å². The second kappa shape index (κ2) is 18.9. The fraction of sp³-hybridized carbons (Fsp3) is 1.00. The maximum Gasteiger partial charge on any atom is 1.00 e. The molecule has 0 fully saturated rings. The molecule has 1 unspecified atom stereocenters. The molecular formula is C15H34NNaO3S. The number of unbranched alkanes of at least 4 members (excludes halogenated alkanes) is 6. The normalized spacial score (nSPS) is 12.0. The van der Waals surface area contributed by atoms with Gasteiger partial charge in [0.2, 0.25) is 0 Å². The van der Waals surface area contributed by atoms with Gasteiger partial charge in [-0.25, -0.2) is 8.42 Å². The Morgan fingerprint density at radius 2 is 1.38 bits per heavy atom. The SMILES string of the molecule is CCCCCCCCCC(N)CC.CCCS(=O)(=O)[O-].[Na+]. The van der Waals surface area contributed by atoms with Gasteiger partial charge in [-0.15, -0.1) is 0 Å². The zero-order valence-corrected chi connectivity index (χ0v) is 17.4. The van der Waals surface area contributed by atoms with Crippen LogP contribution in [-0.2, 0) is 10.1 Å². The molecule has 0 spiro atoms. The zero-order chi connectivity index (χ0) is 15.9. The van der Waals surface area contributed by atoms with E-state index in [1.165, 1.54) is 51.4 Å². The summed E-state index contributed by atoms with van der Waals surface area (Å²) in [7, 11) is -3.92. The molecule has 0 rings (SSSR count). The fourth-order valence-electron chi connectivity index (χ4n) is 1.82. The van der Waals surface area contributed by atoms with E-state index in [9.17, 15) is 13.0 Å². The molecule has 0 saturated heterocycles. The van der Waals surface area contributed by atoms with Crippen LogP contribution in [0.5, 0.6) is 0 Å². The molecule has 1 atom stereocenters. The minimum atomic E-state index is -3.92. The summed E-state index contributed by atoms with van der Waals surface area (Å²) in [5.41, 5.74) is 5.84. The first-order valence-electron chi connectivity index (χ1n) is 8.06. The van der Waals surface area contributed by atoms with Gasteiger partial charge in [-0.1, -0.05) is 65.7 Å². The minimum Gasteiger partial charge on any atom is -0.748 e. The van der Waals surface area contributed by atoms with E-state index in [2.05, 4.69) is 13.8 Å². The monoisotopic (exact) mass is 331 g/mol. The van der Waals surface area contributed by atoms with Gasteiger partial charge in [0.25, 0.3) is 0 Å². The van der Waals surface area contributed by atoms with Crippen molar-refractivity contribution in [2.24, 2.45) is 5.73 Å². The van der Waals surface area contributed by atoms with Gasteiger partial charge in [0.15, 0.2) is 0 Å².